The summed E-state index contributed by atoms with van der Waals surface area (Å²) in [6, 6.07) is 6.46. The van der Waals surface area contributed by atoms with E-state index in [2.05, 4.69) is 47.3 Å². The highest BCUT2D eigenvalue weighted by Gasteiger charge is 2.25. The van der Waals surface area contributed by atoms with E-state index in [1.165, 1.54) is 16.7 Å². The summed E-state index contributed by atoms with van der Waals surface area (Å²) >= 11 is 0. The number of aliphatic imine (C=N–C) groups is 1. The molecule has 0 aromatic heterocycles. The predicted molar refractivity (Wildman–Crippen MR) is 104 cm³/mol. The van der Waals surface area contributed by atoms with Crippen molar-refractivity contribution < 1.29 is 9.13 Å². The lowest BCUT2D eigenvalue weighted by molar-refractivity contribution is -0.00831. The molecule has 1 heterocycles. The Kier molecular flexibility index (Phi) is 8.83. The molecule has 1 N–H and O–H groups in total. The standard InChI is InChI=1S/C17H26FN3O.HI/c1-13-5-6-15(14(2)11-13)16-12-21(9-10-22-16)17(19-3)20-8-4-7-18;/h5-6,11,16H,4,7-10,12H2,1-3H3,(H,19,20);1H. The molecule has 1 fully saturated rings. The zero-order chi connectivity index (χ0) is 15.9. The van der Waals surface area contributed by atoms with Gasteiger partial charge in [-0.05, 0) is 31.4 Å². The molecule has 1 atom stereocenters. The maximum Gasteiger partial charge on any atom is 0.193 e. The molecule has 6 heteroatoms. The van der Waals surface area contributed by atoms with Crippen LogP contribution in [-0.4, -0.2) is 50.8 Å². The minimum absolute atomic E-state index is 0. The zero-order valence-electron chi connectivity index (χ0n) is 14.1. The molecule has 1 saturated heterocycles. The number of hydrogen-bond acceptors (Lipinski definition) is 2. The molecular formula is C17H27FIN3O. The molecule has 23 heavy (non-hydrogen) atoms. The van der Waals surface area contributed by atoms with Gasteiger partial charge >= 0.3 is 0 Å². The molecule has 1 unspecified atom stereocenters. The van der Waals surface area contributed by atoms with E-state index in [-0.39, 0.29) is 36.8 Å². The minimum atomic E-state index is -0.307. The number of ether oxygens (including phenoxy) is 1. The smallest absolute Gasteiger partial charge is 0.193 e. The maximum atomic E-state index is 12.2. The quantitative estimate of drug-likeness (QED) is 0.342. The third-order valence-corrected chi connectivity index (χ3v) is 3.94. The second-order valence-electron chi connectivity index (χ2n) is 5.68. The van der Waals surface area contributed by atoms with Crippen molar-refractivity contribution >= 4 is 29.9 Å². The van der Waals surface area contributed by atoms with Gasteiger partial charge in [0.25, 0.3) is 0 Å². The van der Waals surface area contributed by atoms with Gasteiger partial charge in [0.2, 0.25) is 0 Å². The van der Waals surface area contributed by atoms with Crippen LogP contribution < -0.4 is 5.32 Å². The minimum Gasteiger partial charge on any atom is -0.370 e. The number of nitrogens with one attached hydrogen (secondary N) is 1. The topological polar surface area (TPSA) is 36.9 Å². The van der Waals surface area contributed by atoms with Crippen LogP contribution in [0.3, 0.4) is 0 Å². The van der Waals surface area contributed by atoms with Gasteiger partial charge in [-0.3, -0.25) is 9.38 Å². The second kappa shape index (κ2) is 10.1. The number of rotatable bonds is 4. The Morgan fingerprint density at radius 2 is 2.22 bits per heavy atom. The molecule has 0 amide bonds. The molecule has 4 nitrogen and oxygen atoms in total. The first-order chi connectivity index (χ1) is 10.7. The number of nitrogens with zero attached hydrogens (tertiary/aromatic N) is 2. The average Bonchev–Trinajstić information content (AvgIpc) is 2.52. The Labute approximate surface area is 155 Å². The summed E-state index contributed by atoms with van der Waals surface area (Å²) in [5.74, 6) is 0.825. The first kappa shape index (κ1) is 20.2. The second-order valence-corrected chi connectivity index (χ2v) is 5.68. The van der Waals surface area contributed by atoms with E-state index in [1.54, 1.807) is 7.05 Å². The number of hydrogen-bond donors (Lipinski definition) is 1. The summed E-state index contributed by atoms with van der Waals surface area (Å²) in [6.45, 7) is 6.76. The zero-order valence-corrected chi connectivity index (χ0v) is 16.5. The number of morpholine rings is 1. The fourth-order valence-electron chi connectivity index (χ4n) is 2.82. The van der Waals surface area contributed by atoms with Crippen molar-refractivity contribution in [3.05, 3.63) is 34.9 Å². The van der Waals surface area contributed by atoms with Crippen LogP contribution in [0.25, 0.3) is 0 Å². The summed E-state index contributed by atoms with van der Waals surface area (Å²) in [5, 5.41) is 3.22. The predicted octanol–water partition coefficient (Wildman–Crippen LogP) is 3.23. The van der Waals surface area contributed by atoms with E-state index in [0.29, 0.717) is 19.6 Å². The van der Waals surface area contributed by atoms with Crippen LogP contribution in [0.1, 0.15) is 29.2 Å². The lowest BCUT2D eigenvalue weighted by Gasteiger charge is -2.35. The molecule has 1 aliphatic heterocycles. The molecule has 1 aromatic rings. The van der Waals surface area contributed by atoms with Gasteiger partial charge in [0, 0.05) is 20.1 Å². The molecule has 130 valence electrons. The Balaban J connectivity index is 0.00000264. The largest absolute Gasteiger partial charge is 0.370 e. The lowest BCUT2D eigenvalue weighted by atomic mass is 10.00. The summed E-state index contributed by atoms with van der Waals surface area (Å²) < 4.78 is 18.2. The van der Waals surface area contributed by atoms with Crippen LogP contribution in [0.15, 0.2) is 23.2 Å². The highest BCUT2D eigenvalue weighted by atomic mass is 127. The van der Waals surface area contributed by atoms with Gasteiger partial charge in [-0.2, -0.15) is 0 Å². The van der Waals surface area contributed by atoms with Crippen molar-refractivity contribution in [2.24, 2.45) is 4.99 Å². The van der Waals surface area contributed by atoms with E-state index in [1.807, 2.05) is 0 Å². The molecule has 0 saturated carbocycles. The first-order valence-electron chi connectivity index (χ1n) is 7.86. The highest BCUT2D eigenvalue weighted by molar-refractivity contribution is 14.0. The molecule has 0 aliphatic carbocycles. The van der Waals surface area contributed by atoms with Crippen molar-refractivity contribution in [3.63, 3.8) is 0 Å². The van der Waals surface area contributed by atoms with E-state index in [9.17, 15) is 4.39 Å². The van der Waals surface area contributed by atoms with Gasteiger partial charge in [0.1, 0.15) is 6.10 Å². The van der Waals surface area contributed by atoms with Crippen LogP contribution >= 0.6 is 24.0 Å². The van der Waals surface area contributed by atoms with Crippen molar-refractivity contribution in [1.29, 1.82) is 0 Å². The van der Waals surface area contributed by atoms with Gasteiger partial charge in [-0.25, -0.2) is 0 Å². The van der Waals surface area contributed by atoms with Crippen molar-refractivity contribution in [2.75, 3.05) is 40.0 Å². The molecule has 0 radical (unpaired) electrons. The lowest BCUT2D eigenvalue weighted by Crippen LogP contribution is -2.48. The fourth-order valence-corrected chi connectivity index (χ4v) is 2.82. The van der Waals surface area contributed by atoms with E-state index in [4.69, 9.17) is 4.74 Å². The van der Waals surface area contributed by atoms with E-state index >= 15 is 0 Å². The van der Waals surface area contributed by atoms with Crippen LogP contribution in [0, 0.1) is 13.8 Å². The molecule has 0 spiro atoms. The first-order valence-corrected chi connectivity index (χ1v) is 7.86. The Hall–Kier alpha value is -0.890. The third kappa shape index (κ3) is 5.60. The third-order valence-electron chi connectivity index (χ3n) is 3.94. The average molecular weight is 435 g/mol. The number of halogens is 2. The van der Waals surface area contributed by atoms with Crippen LogP contribution in [-0.2, 0) is 4.74 Å². The molecule has 1 aliphatic rings. The number of aryl methyl sites for hydroxylation is 2. The summed E-state index contributed by atoms with van der Waals surface area (Å²) in [4.78, 5) is 6.49. The van der Waals surface area contributed by atoms with Crippen molar-refractivity contribution in [3.8, 4) is 0 Å². The van der Waals surface area contributed by atoms with Gasteiger partial charge in [-0.1, -0.05) is 23.8 Å². The van der Waals surface area contributed by atoms with Gasteiger partial charge in [0.05, 0.1) is 19.8 Å². The number of benzene rings is 1. The van der Waals surface area contributed by atoms with E-state index in [0.717, 1.165) is 19.0 Å². The van der Waals surface area contributed by atoms with Gasteiger partial charge < -0.3 is 15.0 Å². The Morgan fingerprint density at radius 3 is 2.87 bits per heavy atom. The number of alkyl halides is 1. The van der Waals surface area contributed by atoms with Crippen LogP contribution in [0.2, 0.25) is 0 Å². The maximum absolute atomic E-state index is 12.2. The molecule has 0 bridgehead atoms. The normalized spacial score (nSPS) is 18.5. The van der Waals surface area contributed by atoms with Crippen molar-refractivity contribution in [1.82, 2.24) is 10.2 Å². The summed E-state index contributed by atoms with van der Waals surface area (Å²) in [7, 11) is 1.76. The summed E-state index contributed by atoms with van der Waals surface area (Å²) in [5.41, 5.74) is 3.75. The van der Waals surface area contributed by atoms with Crippen LogP contribution in [0.4, 0.5) is 4.39 Å². The van der Waals surface area contributed by atoms with E-state index < -0.39 is 0 Å². The van der Waals surface area contributed by atoms with Crippen LogP contribution in [0.5, 0.6) is 0 Å². The Bertz CT molecular complexity index is 525. The molecule has 1 aromatic carbocycles. The SMILES string of the molecule is CN=C(NCCCF)N1CCOC(c2ccc(C)cc2C)C1.I. The molecule has 2 rings (SSSR count). The van der Waals surface area contributed by atoms with Crippen molar-refractivity contribution in [2.45, 2.75) is 26.4 Å². The molecular weight excluding hydrogens is 408 g/mol. The summed E-state index contributed by atoms with van der Waals surface area (Å²) in [6.07, 6.45) is 0.554. The highest BCUT2D eigenvalue weighted by Crippen LogP contribution is 2.25. The number of guanidine groups is 1. The fraction of sp³-hybridized carbons (Fsp3) is 0.588. The Morgan fingerprint density at radius 1 is 1.43 bits per heavy atom. The monoisotopic (exact) mass is 435 g/mol. The van der Waals surface area contributed by atoms with Gasteiger partial charge in [0.15, 0.2) is 5.96 Å². The van der Waals surface area contributed by atoms with Gasteiger partial charge in [-0.15, -0.1) is 24.0 Å².